The second-order valence-electron chi connectivity index (χ2n) is 6.23. The highest BCUT2D eigenvalue weighted by Crippen LogP contribution is 2.34. The lowest BCUT2D eigenvalue weighted by Crippen LogP contribution is -2.54. The molecule has 2 N–H and O–H groups in total. The normalized spacial score (nSPS) is 25.5. The number of aliphatic hydroxyl groups is 2. The molecule has 0 unspecified atom stereocenters. The monoisotopic (exact) mass is 347 g/mol. The van der Waals surface area contributed by atoms with Crippen molar-refractivity contribution < 1.29 is 18.6 Å². The molecule has 3 rings (SSSR count). The number of piperidine rings is 1. The average Bonchev–Trinajstić information content (AvgIpc) is 2.58. The molecule has 6 heteroatoms. The molecular formula is C18H21NO4S. The summed E-state index contributed by atoms with van der Waals surface area (Å²) in [6.45, 7) is 1.90. The summed E-state index contributed by atoms with van der Waals surface area (Å²) in [5.74, 6) is 0. The molecule has 5 nitrogen and oxygen atoms in total. The lowest BCUT2D eigenvalue weighted by molar-refractivity contribution is -0.112. The van der Waals surface area contributed by atoms with Crippen molar-refractivity contribution in [3.8, 4) is 0 Å². The van der Waals surface area contributed by atoms with Crippen molar-refractivity contribution in [3.05, 3.63) is 65.7 Å². The molecular weight excluding hydrogens is 326 g/mol. The Balaban J connectivity index is 1.84. The fourth-order valence-electron chi connectivity index (χ4n) is 3.04. The van der Waals surface area contributed by atoms with E-state index in [0.717, 1.165) is 5.56 Å². The minimum absolute atomic E-state index is 0.137. The zero-order valence-corrected chi connectivity index (χ0v) is 14.3. The van der Waals surface area contributed by atoms with Crippen LogP contribution in [0.1, 0.15) is 17.5 Å². The average molecular weight is 347 g/mol. The molecule has 1 aliphatic heterocycles. The Morgan fingerprint density at radius 3 is 2.29 bits per heavy atom. The predicted molar refractivity (Wildman–Crippen MR) is 90.9 cm³/mol. The zero-order valence-electron chi connectivity index (χ0n) is 13.5. The fraction of sp³-hybridized carbons (Fsp3) is 0.333. The van der Waals surface area contributed by atoms with E-state index in [1.807, 2.05) is 13.0 Å². The molecule has 0 saturated carbocycles. The second-order valence-corrected chi connectivity index (χ2v) is 8.17. The Morgan fingerprint density at radius 1 is 1.08 bits per heavy atom. The first kappa shape index (κ1) is 17.1. The molecule has 0 bridgehead atoms. The van der Waals surface area contributed by atoms with E-state index >= 15 is 0 Å². The molecule has 1 aliphatic rings. The van der Waals surface area contributed by atoms with Crippen LogP contribution in [0.25, 0.3) is 0 Å². The van der Waals surface area contributed by atoms with Crippen LogP contribution in [0.3, 0.4) is 0 Å². The van der Waals surface area contributed by atoms with Gasteiger partial charge in [-0.2, -0.15) is 4.31 Å². The van der Waals surface area contributed by atoms with Gasteiger partial charge in [-0.15, -0.1) is 0 Å². The lowest BCUT2D eigenvalue weighted by Gasteiger charge is -2.41. The summed E-state index contributed by atoms with van der Waals surface area (Å²) in [5, 5.41) is 21.3. The van der Waals surface area contributed by atoms with Gasteiger partial charge in [0.05, 0.1) is 4.90 Å². The maximum atomic E-state index is 12.7. The standard InChI is InChI=1S/C18H21NO4S/c1-14-7-9-16(10-8-14)24(22,23)19-12-11-18(21,17(20)13-19)15-5-3-2-4-6-15/h2-10,17,20-21H,11-13H2,1H3/t17-,18+/m0/s1. The first-order valence-electron chi connectivity index (χ1n) is 7.87. The van der Waals surface area contributed by atoms with Crippen molar-refractivity contribution in [1.82, 2.24) is 4.31 Å². The summed E-state index contributed by atoms with van der Waals surface area (Å²) in [6, 6.07) is 15.5. The number of hydrogen-bond donors (Lipinski definition) is 2. The number of rotatable bonds is 3. The number of aryl methyl sites for hydroxylation is 1. The van der Waals surface area contributed by atoms with Gasteiger partial charge < -0.3 is 10.2 Å². The number of hydrogen-bond acceptors (Lipinski definition) is 4. The highest BCUT2D eigenvalue weighted by molar-refractivity contribution is 7.89. The molecule has 0 aromatic heterocycles. The van der Waals surface area contributed by atoms with Crippen LogP contribution in [0.4, 0.5) is 0 Å². The maximum Gasteiger partial charge on any atom is 0.243 e. The van der Waals surface area contributed by atoms with Gasteiger partial charge in [0.25, 0.3) is 0 Å². The van der Waals surface area contributed by atoms with E-state index in [2.05, 4.69) is 0 Å². The molecule has 128 valence electrons. The maximum absolute atomic E-state index is 12.7. The van der Waals surface area contributed by atoms with Crippen LogP contribution in [-0.4, -0.2) is 42.1 Å². The Kier molecular flexibility index (Phi) is 4.48. The van der Waals surface area contributed by atoms with E-state index in [0.29, 0.717) is 5.56 Å². The molecule has 2 aromatic carbocycles. The quantitative estimate of drug-likeness (QED) is 0.885. The van der Waals surface area contributed by atoms with Gasteiger partial charge in [-0.05, 0) is 31.0 Å². The fourth-order valence-corrected chi connectivity index (χ4v) is 4.49. The number of β-amino-alcohol motifs (C(OH)–C–C–N with tert-alkyl or cyclic N) is 1. The van der Waals surface area contributed by atoms with Gasteiger partial charge in [-0.3, -0.25) is 0 Å². The molecule has 1 fully saturated rings. The molecule has 2 aromatic rings. The predicted octanol–water partition coefficient (Wildman–Crippen LogP) is 1.64. The molecule has 0 radical (unpaired) electrons. The van der Waals surface area contributed by atoms with E-state index < -0.39 is 21.7 Å². The number of sulfonamides is 1. The lowest BCUT2D eigenvalue weighted by atomic mass is 9.83. The molecule has 2 atom stereocenters. The van der Waals surface area contributed by atoms with Crippen molar-refractivity contribution in [2.45, 2.75) is 29.9 Å². The third kappa shape index (κ3) is 2.98. The van der Waals surface area contributed by atoms with Gasteiger partial charge in [0, 0.05) is 13.1 Å². The van der Waals surface area contributed by atoms with E-state index in [4.69, 9.17) is 0 Å². The molecule has 0 amide bonds. The minimum atomic E-state index is -3.68. The summed E-state index contributed by atoms with van der Waals surface area (Å²) < 4.78 is 26.7. The molecule has 0 spiro atoms. The van der Waals surface area contributed by atoms with Crippen LogP contribution in [0.2, 0.25) is 0 Å². The second kappa shape index (κ2) is 6.29. The molecule has 1 heterocycles. The van der Waals surface area contributed by atoms with Crippen molar-refractivity contribution >= 4 is 10.0 Å². The van der Waals surface area contributed by atoms with E-state index in [1.165, 1.54) is 4.31 Å². The molecule has 24 heavy (non-hydrogen) atoms. The number of benzene rings is 2. The van der Waals surface area contributed by atoms with Crippen LogP contribution < -0.4 is 0 Å². The van der Waals surface area contributed by atoms with Crippen LogP contribution >= 0.6 is 0 Å². The first-order valence-corrected chi connectivity index (χ1v) is 9.31. The summed E-state index contributed by atoms with van der Waals surface area (Å²) in [5.41, 5.74) is 0.150. The Labute approximate surface area is 142 Å². The Hall–Kier alpha value is -1.73. The molecule has 1 saturated heterocycles. The summed E-state index contributed by atoms with van der Waals surface area (Å²) in [7, 11) is -3.68. The highest BCUT2D eigenvalue weighted by atomic mass is 32.2. The Morgan fingerprint density at radius 2 is 1.71 bits per heavy atom. The van der Waals surface area contributed by atoms with Crippen LogP contribution in [0, 0.1) is 6.92 Å². The van der Waals surface area contributed by atoms with Crippen LogP contribution in [-0.2, 0) is 15.6 Å². The van der Waals surface area contributed by atoms with Gasteiger partial charge in [-0.25, -0.2) is 8.42 Å². The smallest absolute Gasteiger partial charge is 0.243 e. The van der Waals surface area contributed by atoms with Gasteiger partial charge in [-0.1, -0.05) is 48.0 Å². The number of nitrogens with zero attached hydrogens (tertiary/aromatic N) is 1. The SMILES string of the molecule is Cc1ccc(S(=O)(=O)N2CC[C@@](O)(c3ccccc3)[C@@H](O)C2)cc1. The van der Waals surface area contributed by atoms with E-state index in [-0.39, 0.29) is 24.4 Å². The number of aliphatic hydroxyl groups excluding tert-OH is 1. The van der Waals surface area contributed by atoms with Crippen molar-refractivity contribution in [3.63, 3.8) is 0 Å². The third-order valence-corrected chi connectivity index (χ3v) is 6.48. The van der Waals surface area contributed by atoms with E-state index in [1.54, 1.807) is 48.5 Å². The topological polar surface area (TPSA) is 77.8 Å². The van der Waals surface area contributed by atoms with Gasteiger partial charge in [0.15, 0.2) is 0 Å². The highest BCUT2D eigenvalue weighted by Gasteiger charge is 2.45. The Bertz CT molecular complexity index is 805. The summed E-state index contributed by atoms with van der Waals surface area (Å²) in [6.07, 6.45) is -1.04. The summed E-state index contributed by atoms with van der Waals surface area (Å²) >= 11 is 0. The van der Waals surface area contributed by atoms with Crippen molar-refractivity contribution in [2.75, 3.05) is 13.1 Å². The van der Waals surface area contributed by atoms with Crippen LogP contribution in [0.5, 0.6) is 0 Å². The van der Waals surface area contributed by atoms with Gasteiger partial charge in [0.1, 0.15) is 11.7 Å². The van der Waals surface area contributed by atoms with Gasteiger partial charge in [0.2, 0.25) is 10.0 Å². The minimum Gasteiger partial charge on any atom is -0.388 e. The van der Waals surface area contributed by atoms with Crippen molar-refractivity contribution in [1.29, 1.82) is 0 Å². The van der Waals surface area contributed by atoms with Crippen molar-refractivity contribution in [2.24, 2.45) is 0 Å². The van der Waals surface area contributed by atoms with Gasteiger partial charge >= 0.3 is 0 Å². The molecule has 0 aliphatic carbocycles. The first-order chi connectivity index (χ1) is 11.3. The zero-order chi connectivity index (χ0) is 17.4. The van der Waals surface area contributed by atoms with E-state index in [9.17, 15) is 18.6 Å². The largest absolute Gasteiger partial charge is 0.388 e. The third-order valence-electron chi connectivity index (χ3n) is 4.60. The van der Waals surface area contributed by atoms with Crippen LogP contribution in [0.15, 0.2) is 59.5 Å². The summed E-state index contributed by atoms with van der Waals surface area (Å²) in [4.78, 5) is 0.199.